The van der Waals surface area contributed by atoms with Crippen LogP contribution in [-0.2, 0) is 18.0 Å². The summed E-state index contributed by atoms with van der Waals surface area (Å²) in [6.07, 6.45) is 0. The summed E-state index contributed by atoms with van der Waals surface area (Å²) < 4.78 is 32.9. The highest BCUT2D eigenvalue weighted by Crippen LogP contribution is 2.35. The maximum atomic E-state index is 13.8. The van der Waals surface area contributed by atoms with Gasteiger partial charge in [0.15, 0.2) is 0 Å². The van der Waals surface area contributed by atoms with E-state index in [9.17, 15) is 8.78 Å². The zero-order chi connectivity index (χ0) is 13.4. The summed E-state index contributed by atoms with van der Waals surface area (Å²) in [5.74, 6) is -1.09. The number of ether oxygens (including phenoxy) is 1. The summed E-state index contributed by atoms with van der Waals surface area (Å²) in [7, 11) is 0. The van der Waals surface area contributed by atoms with Crippen LogP contribution in [0.2, 0.25) is 0 Å². The molecule has 1 aliphatic heterocycles. The summed E-state index contributed by atoms with van der Waals surface area (Å²) in [6, 6.07) is 9.66. The van der Waals surface area contributed by atoms with Crippen LogP contribution in [0.25, 0.3) is 0 Å². The SMILES string of the molecule is Fc1cccc(F)c1C(Br)c1ccc2c(c1)COC2. The Hall–Kier alpha value is -1.26. The number of rotatable bonds is 2. The molecule has 0 radical (unpaired) electrons. The highest BCUT2D eigenvalue weighted by molar-refractivity contribution is 9.09. The first kappa shape index (κ1) is 12.8. The zero-order valence-electron chi connectivity index (χ0n) is 10.00. The summed E-state index contributed by atoms with van der Waals surface area (Å²) >= 11 is 3.38. The fourth-order valence-electron chi connectivity index (χ4n) is 2.27. The van der Waals surface area contributed by atoms with Crippen molar-refractivity contribution in [3.05, 3.63) is 70.3 Å². The van der Waals surface area contributed by atoms with Crippen molar-refractivity contribution in [1.82, 2.24) is 0 Å². The van der Waals surface area contributed by atoms with Crippen molar-refractivity contribution in [1.29, 1.82) is 0 Å². The van der Waals surface area contributed by atoms with Gasteiger partial charge in [0.25, 0.3) is 0 Å². The average Bonchev–Trinajstić information content (AvgIpc) is 2.85. The van der Waals surface area contributed by atoms with Crippen LogP contribution in [0.5, 0.6) is 0 Å². The Bertz CT molecular complexity index is 607. The molecule has 98 valence electrons. The maximum absolute atomic E-state index is 13.8. The van der Waals surface area contributed by atoms with Gasteiger partial charge in [0, 0.05) is 5.56 Å². The Labute approximate surface area is 118 Å². The predicted molar refractivity (Wildman–Crippen MR) is 72.1 cm³/mol. The maximum Gasteiger partial charge on any atom is 0.130 e. The van der Waals surface area contributed by atoms with Gasteiger partial charge >= 0.3 is 0 Å². The van der Waals surface area contributed by atoms with E-state index in [0.717, 1.165) is 16.7 Å². The third-order valence-electron chi connectivity index (χ3n) is 3.29. The van der Waals surface area contributed by atoms with Crippen LogP contribution in [0.15, 0.2) is 36.4 Å². The molecule has 2 aromatic rings. The molecule has 1 unspecified atom stereocenters. The molecule has 0 saturated heterocycles. The van der Waals surface area contributed by atoms with E-state index in [2.05, 4.69) is 15.9 Å². The Morgan fingerprint density at radius 3 is 2.42 bits per heavy atom. The van der Waals surface area contributed by atoms with E-state index >= 15 is 0 Å². The first-order valence-electron chi connectivity index (χ1n) is 5.94. The van der Waals surface area contributed by atoms with Crippen LogP contribution < -0.4 is 0 Å². The minimum Gasteiger partial charge on any atom is -0.372 e. The second-order valence-electron chi connectivity index (χ2n) is 4.52. The molecule has 0 aromatic heterocycles. The molecule has 1 nitrogen and oxygen atoms in total. The van der Waals surface area contributed by atoms with Gasteiger partial charge in [-0.15, -0.1) is 0 Å². The number of halogens is 3. The van der Waals surface area contributed by atoms with Gasteiger partial charge in [0.2, 0.25) is 0 Å². The van der Waals surface area contributed by atoms with Crippen molar-refractivity contribution >= 4 is 15.9 Å². The van der Waals surface area contributed by atoms with Crippen LogP contribution in [0, 0.1) is 11.6 Å². The monoisotopic (exact) mass is 324 g/mol. The summed E-state index contributed by atoms with van der Waals surface area (Å²) in [5.41, 5.74) is 3.09. The molecular weight excluding hydrogens is 314 g/mol. The van der Waals surface area contributed by atoms with Gasteiger partial charge < -0.3 is 4.74 Å². The van der Waals surface area contributed by atoms with Crippen molar-refractivity contribution in [2.75, 3.05) is 0 Å². The first-order valence-corrected chi connectivity index (χ1v) is 6.86. The van der Waals surface area contributed by atoms with Gasteiger partial charge in [0.1, 0.15) is 11.6 Å². The van der Waals surface area contributed by atoms with Crippen LogP contribution in [0.3, 0.4) is 0 Å². The third kappa shape index (κ3) is 2.30. The molecule has 1 aliphatic rings. The molecule has 4 heteroatoms. The number of alkyl halides is 1. The highest BCUT2D eigenvalue weighted by Gasteiger charge is 2.21. The van der Waals surface area contributed by atoms with E-state index in [0.29, 0.717) is 13.2 Å². The Morgan fingerprint density at radius 1 is 1.00 bits per heavy atom. The molecule has 0 saturated carbocycles. The van der Waals surface area contributed by atoms with Gasteiger partial charge in [-0.1, -0.05) is 40.2 Å². The second-order valence-corrected chi connectivity index (χ2v) is 5.43. The largest absolute Gasteiger partial charge is 0.372 e. The molecule has 0 aliphatic carbocycles. The molecule has 1 heterocycles. The lowest BCUT2D eigenvalue weighted by Gasteiger charge is -2.13. The Morgan fingerprint density at radius 2 is 1.68 bits per heavy atom. The van der Waals surface area contributed by atoms with E-state index in [4.69, 9.17) is 4.74 Å². The molecular formula is C15H11BrF2O. The summed E-state index contributed by atoms with van der Waals surface area (Å²) in [4.78, 5) is -0.500. The lowest BCUT2D eigenvalue weighted by Crippen LogP contribution is -2.01. The van der Waals surface area contributed by atoms with E-state index < -0.39 is 16.5 Å². The van der Waals surface area contributed by atoms with Gasteiger partial charge in [0.05, 0.1) is 18.0 Å². The van der Waals surface area contributed by atoms with Crippen LogP contribution in [0.1, 0.15) is 27.1 Å². The van der Waals surface area contributed by atoms with E-state index in [1.165, 1.54) is 18.2 Å². The standard InChI is InChI=1S/C15H11BrF2O/c16-15(14-12(17)2-1-3-13(14)18)9-4-5-10-7-19-8-11(10)6-9/h1-6,15H,7-8H2. The number of hydrogen-bond acceptors (Lipinski definition) is 1. The summed E-state index contributed by atoms with van der Waals surface area (Å²) in [5, 5.41) is 0. The summed E-state index contributed by atoms with van der Waals surface area (Å²) in [6.45, 7) is 1.17. The van der Waals surface area contributed by atoms with Crippen LogP contribution in [-0.4, -0.2) is 0 Å². The van der Waals surface area contributed by atoms with Crippen molar-refractivity contribution in [3.8, 4) is 0 Å². The van der Waals surface area contributed by atoms with Gasteiger partial charge in [-0.25, -0.2) is 8.78 Å². The highest BCUT2D eigenvalue weighted by atomic mass is 79.9. The van der Waals surface area contributed by atoms with E-state index in [1.54, 1.807) is 0 Å². The molecule has 1 atom stereocenters. The van der Waals surface area contributed by atoms with Gasteiger partial charge in [-0.3, -0.25) is 0 Å². The fourth-order valence-corrected chi connectivity index (χ4v) is 2.99. The van der Waals surface area contributed by atoms with Gasteiger partial charge in [-0.2, -0.15) is 0 Å². The molecule has 2 aromatic carbocycles. The molecule has 0 bridgehead atoms. The third-order valence-corrected chi connectivity index (χ3v) is 4.28. The first-order chi connectivity index (χ1) is 9.16. The Balaban J connectivity index is 2.02. The zero-order valence-corrected chi connectivity index (χ0v) is 11.6. The van der Waals surface area contributed by atoms with Crippen LogP contribution in [0.4, 0.5) is 8.78 Å². The predicted octanol–water partition coefficient (Wildman–Crippen LogP) is 4.48. The molecule has 0 spiro atoms. The van der Waals surface area contributed by atoms with E-state index in [1.807, 2.05) is 18.2 Å². The van der Waals surface area contributed by atoms with Gasteiger partial charge in [-0.05, 0) is 28.8 Å². The quantitative estimate of drug-likeness (QED) is 0.740. The average molecular weight is 325 g/mol. The Kier molecular flexibility index (Phi) is 3.37. The molecule has 3 rings (SSSR count). The van der Waals surface area contributed by atoms with Crippen molar-refractivity contribution in [3.63, 3.8) is 0 Å². The number of hydrogen-bond donors (Lipinski definition) is 0. The lowest BCUT2D eigenvalue weighted by molar-refractivity contribution is 0.134. The second kappa shape index (κ2) is 5.02. The molecule has 0 fully saturated rings. The molecule has 0 amide bonds. The number of benzene rings is 2. The normalized spacial score (nSPS) is 15.3. The minimum absolute atomic E-state index is 0.0429. The van der Waals surface area contributed by atoms with E-state index in [-0.39, 0.29) is 5.56 Å². The molecule has 19 heavy (non-hydrogen) atoms. The fraction of sp³-hybridized carbons (Fsp3) is 0.200. The topological polar surface area (TPSA) is 9.23 Å². The van der Waals surface area contributed by atoms with Crippen molar-refractivity contribution in [2.24, 2.45) is 0 Å². The van der Waals surface area contributed by atoms with Crippen LogP contribution >= 0.6 is 15.9 Å². The number of fused-ring (bicyclic) bond motifs is 1. The van der Waals surface area contributed by atoms with Crippen molar-refractivity contribution in [2.45, 2.75) is 18.0 Å². The van der Waals surface area contributed by atoms with Crippen molar-refractivity contribution < 1.29 is 13.5 Å². The molecule has 0 N–H and O–H groups in total. The lowest BCUT2D eigenvalue weighted by atomic mass is 10.00. The minimum atomic E-state index is -0.543. The smallest absolute Gasteiger partial charge is 0.130 e.